The van der Waals surface area contributed by atoms with E-state index < -0.39 is 11.2 Å². The number of hydrogen-bond acceptors (Lipinski definition) is 5. The molecule has 0 bridgehead atoms. The first-order chi connectivity index (χ1) is 8.86. The molecule has 4 N–H and O–H groups in total. The summed E-state index contributed by atoms with van der Waals surface area (Å²) >= 11 is 1.69. The third-order valence-corrected chi connectivity index (χ3v) is 3.73. The van der Waals surface area contributed by atoms with Crippen molar-refractivity contribution in [2.45, 2.75) is 32.6 Å². The number of nitrogens with one attached hydrogen (secondary N) is 2. The Kier molecular flexibility index (Phi) is 5.53. The van der Waals surface area contributed by atoms with Crippen LogP contribution < -0.4 is 22.3 Å². The number of aromatic nitrogens is 2. The summed E-state index contributed by atoms with van der Waals surface area (Å²) in [7, 11) is 0. The van der Waals surface area contributed by atoms with E-state index >= 15 is 0 Å². The number of thioether (sulfide) groups is 1. The summed E-state index contributed by atoms with van der Waals surface area (Å²) in [6.45, 7) is 7.12. The summed E-state index contributed by atoms with van der Waals surface area (Å²) < 4.78 is 1.40. The molecule has 0 saturated heterocycles. The summed E-state index contributed by atoms with van der Waals surface area (Å²) in [5, 5.41) is 3.37. The van der Waals surface area contributed by atoms with Gasteiger partial charge in [0.05, 0.1) is 0 Å². The Bertz CT molecular complexity index is 536. The predicted molar refractivity (Wildman–Crippen MR) is 82.0 cm³/mol. The van der Waals surface area contributed by atoms with E-state index in [4.69, 9.17) is 5.73 Å². The summed E-state index contributed by atoms with van der Waals surface area (Å²) in [5.41, 5.74) is 5.29. The molecule has 1 atom stereocenters. The SMILES string of the molecule is CSC(C)CNc1c(N)n(CC(C)C)c(=O)[nH]c1=O. The van der Waals surface area contributed by atoms with E-state index in [1.165, 1.54) is 4.57 Å². The van der Waals surface area contributed by atoms with Crippen LogP contribution in [0.1, 0.15) is 20.8 Å². The molecule has 0 radical (unpaired) electrons. The van der Waals surface area contributed by atoms with Gasteiger partial charge >= 0.3 is 5.69 Å². The standard InChI is InChI=1S/C12H22N4O2S/c1-7(2)6-16-10(13)9(11(17)15-12(16)18)14-5-8(3)19-4/h7-8,14H,5-6,13H2,1-4H3,(H,15,17,18). The Hall–Kier alpha value is -1.37. The normalized spacial score (nSPS) is 12.7. The van der Waals surface area contributed by atoms with Crippen LogP contribution in [0, 0.1) is 5.92 Å². The first-order valence-electron chi connectivity index (χ1n) is 6.26. The number of aromatic amines is 1. The maximum Gasteiger partial charge on any atom is 0.330 e. The molecule has 6 nitrogen and oxygen atoms in total. The van der Waals surface area contributed by atoms with E-state index in [9.17, 15) is 9.59 Å². The largest absolute Gasteiger partial charge is 0.383 e. The van der Waals surface area contributed by atoms with E-state index in [1.807, 2.05) is 27.0 Å². The van der Waals surface area contributed by atoms with E-state index in [0.717, 1.165) is 0 Å². The highest BCUT2D eigenvalue weighted by Crippen LogP contribution is 2.13. The van der Waals surface area contributed by atoms with Crippen molar-refractivity contribution >= 4 is 23.3 Å². The molecule has 1 aromatic rings. The number of nitrogens with two attached hydrogens (primary N) is 1. The third-order valence-electron chi connectivity index (χ3n) is 2.76. The number of rotatable bonds is 6. The van der Waals surface area contributed by atoms with Crippen molar-refractivity contribution in [3.05, 3.63) is 20.8 Å². The molecule has 0 aliphatic heterocycles. The van der Waals surface area contributed by atoms with Crippen LogP contribution in [0.2, 0.25) is 0 Å². The van der Waals surface area contributed by atoms with E-state index in [2.05, 4.69) is 10.3 Å². The quantitative estimate of drug-likeness (QED) is 0.723. The zero-order valence-electron chi connectivity index (χ0n) is 11.8. The van der Waals surface area contributed by atoms with Crippen molar-refractivity contribution in [3.8, 4) is 0 Å². The van der Waals surface area contributed by atoms with Crippen LogP contribution in [-0.4, -0.2) is 27.6 Å². The monoisotopic (exact) mass is 286 g/mol. The molecule has 0 amide bonds. The van der Waals surface area contributed by atoms with Crippen molar-refractivity contribution in [2.24, 2.45) is 5.92 Å². The van der Waals surface area contributed by atoms with Gasteiger partial charge in [0.1, 0.15) is 11.5 Å². The van der Waals surface area contributed by atoms with Crippen LogP contribution in [0.4, 0.5) is 11.5 Å². The summed E-state index contributed by atoms with van der Waals surface area (Å²) in [6.07, 6.45) is 2.00. The van der Waals surface area contributed by atoms with Gasteiger partial charge in [-0.15, -0.1) is 0 Å². The van der Waals surface area contributed by atoms with E-state index in [-0.39, 0.29) is 17.4 Å². The van der Waals surface area contributed by atoms with E-state index in [0.29, 0.717) is 18.3 Å². The second kappa shape index (κ2) is 6.70. The molecular weight excluding hydrogens is 264 g/mol. The van der Waals surface area contributed by atoms with Gasteiger partial charge in [0, 0.05) is 18.3 Å². The minimum Gasteiger partial charge on any atom is -0.383 e. The highest BCUT2D eigenvalue weighted by Gasteiger charge is 2.13. The maximum atomic E-state index is 11.8. The highest BCUT2D eigenvalue weighted by atomic mass is 32.2. The van der Waals surface area contributed by atoms with Crippen molar-refractivity contribution < 1.29 is 0 Å². The summed E-state index contributed by atoms with van der Waals surface area (Å²) in [5.74, 6) is 0.472. The molecular formula is C12H22N4O2S. The lowest BCUT2D eigenvalue weighted by Gasteiger charge is -2.16. The Morgan fingerprint density at radius 2 is 2.00 bits per heavy atom. The van der Waals surface area contributed by atoms with Crippen LogP contribution in [0.5, 0.6) is 0 Å². The molecule has 0 spiro atoms. The number of nitrogens with zero attached hydrogens (tertiary/aromatic N) is 1. The van der Waals surface area contributed by atoms with Gasteiger partial charge in [-0.05, 0) is 12.2 Å². The van der Waals surface area contributed by atoms with Crippen molar-refractivity contribution in [1.29, 1.82) is 0 Å². The van der Waals surface area contributed by atoms with Crippen molar-refractivity contribution in [1.82, 2.24) is 9.55 Å². The zero-order valence-corrected chi connectivity index (χ0v) is 12.6. The molecule has 0 fully saturated rings. The van der Waals surface area contributed by atoms with E-state index in [1.54, 1.807) is 11.8 Å². The fourth-order valence-electron chi connectivity index (χ4n) is 1.63. The Balaban J connectivity index is 3.10. The van der Waals surface area contributed by atoms with Crippen LogP contribution >= 0.6 is 11.8 Å². The average molecular weight is 286 g/mol. The van der Waals surface area contributed by atoms with Crippen molar-refractivity contribution in [2.75, 3.05) is 23.9 Å². The Labute approximate surface area is 116 Å². The van der Waals surface area contributed by atoms with Gasteiger partial charge in [-0.2, -0.15) is 11.8 Å². The molecule has 1 unspecified atom stereocenters. The second-order valence-corrected chi connectivity index (χ2v) is 6.23. The molecule has 7 heteroatoms. The molecule has 19 heavy (non-hydrogen) atoms. The fourth-order valence-corrected chi connectivity index (χ4v) is 1.88. The number of hydrogen-bond donors (Lipinski definition) is 3. The van der Waals surface area contributed by atoms with Crippen molar-refractivity contribution in [3.63, 3.8) is 0 Å². The molecule has 1 aromatic heterocycles. The van der Waals surface area contributed by atoms with Gasteiger partial charge in [0.15, 0.2) is 0 Å². The second-order valence-electron chi connectivity index (χ2n) is 4.95. The van der Waals surface area contributed by atoms with Gasteiger partial charge in [-0.25, -0.2) is 4.79 Å². The molecule has 1 rings (SSSR count). The topological polar surface area (TPSA) is 92.9 Å². The predicted octanol–water partition coefficient (Wildman–Crippen LogP) is 0.938. The average Bonchev–Trinajstić information content (AvgIpc) is 2.33. The summed E-state index contributed by atoms with van der Waals surface area (Å²) in [6, 6.07) is 0. The minimum atomic E-state index is -0.462. The van der Waals surface area contributed by atoms with Gasteiger partial charge < -0.3 is 11.1 Å². The van der Waals surface area contributed by atoms with Gasteiger partial charge in [0.25, 0.3) is 5.56 Å². The highest BCUT2D eigenvalue weighted by molar-refractivity contribution is 7.99. The molecule has 0 aliphatic carbocycles. The first-order valence-corrected chi connectivity index (χ1v) is 7.54. The Morgan fingerprint density at radius 1 is 1.37 bits per heavy atom. The van der Waals surface area contributed by atoms with Gasteiger partial charge in [-0.1, -0.05) is 20.8 Å². The minimum absolute atomic E-state index is 0.204. The zero-order chi connectivity index (χ0) is 14.6. The lowest BCUT2D eigenvalue weighted by molar-refractivity contribution is 0.508. The number of anilines is 2. The smallest absolute Gasteiger partial charge is 0.330 e. The summed E-state index contributed by atoms with van der Waals surface area (Å²) in [4.78, 5) is 25.8. The molecule has 0 saturated carbocycles. The number of nitrogen functional groups attached to an aromatic ring is 1. The lowest BCUT2D eigenvalue weighted by Crippen LogP contribution is -2.35. The molecule has 0 aromatic carbocycles. The molecule has 108 valence electrons. The van der Waals surface area contributed by atoms with Crippen LogP contribution in [0.25, 0.3) is 0 Å². The molecule has 1 heterocycles. The van der Waals surface area contributed by atoms with Crippen LogP contribution in [0.3, 0.4) is 0 Å². The number of H-pyrrole nitrogens is 1. The fraction of sp³-hybridized carbons (Fsp3) is 0.667. The maximum absolute atomic E-state index is 11.8. The third kappa shape index (κ3) is 4.05. The van der Waals surface area contributed by atoms with Crippen LogP contribution in [-0.2, 0) is 6.54 Å². The van der Waals surface area contributed by atoms with Crippen LogP contribution in [0.15, 0.2) is 9.59 Å². The first kappa shape index (κ1) is 15.7. The Morgan fingerprint density at radius 3 is 2.53 bits per heavy atom. The molecule has 0 aliphatic rings. The van der Waals surface area contributed by atoms with Gasteiger partial charge in [0.2, 0.25) is 0 Å². The lowest BCUT2D eigenvalue weighted by atomic mass is 10.2. The van der Waals surface area contributed by atoms with Gasteiger partial charge in [-0.3, -0.25) is 14.3 Å².